The van der Waals surface area contributed by atoms with Gasteiger partial charge in [-0.1, -0.05) is 67.5 Å². The molecule has 0 aliphatic heterocycles. The number of hydrogen-bond acceptors (Lipinski definition) is 5. The lowest BCUT2D eigenvalue weighted by molar-refractivity contribution is -0.146. The average molecular weight is 507 g/mol. The van der Waals surface area contributed by atoms with Crippen LogP contribution in [0, 0.1) is 25.7 Å². The van der Waals surface area contributed by atoms with Gasteiger partial charge in [-0.2, -0.15) is 0 Å². The maximum absolute atomic E-state index is 12.7. The molecule has 198 valence electrons. The Morgan fingerprint density at radius 2 is 1.43 bits per heavy atom. The number of allylic oxidation sites excluding steroid dienone is 3. The number of esters is 1. The van der Waals surface area contributed by atoms with E-state index in [2.05, 4.69) is 13.5 Å². The molecule has 2 aromatic carbocycles. The van der Waals surface area contributed by atoms with Gasteiger partial charge in [0.05, 0.1) is 5.57 Å². The van der Waals surface area contributed by atoms with Crippen LogP contribution in [0.2, 0.25) is 0 Å². The molecule has 0 aliphatic rings. The first kappa shape index (κ1) is 29.4. The largest absolute Gasteiger partial charge is 0.490 e. The highest BCUT2D eigenvalue weighted by Gasteiger charge is 2.20. The van der Waals surface area contributed by atoms with Crippen LogP contribution < -0.4 is 9.47 Å². The standard InChI is InChI=1S/C31H38O6/c1-6-22(2)9-7-8-10-25(5)29(31(33)34)19-30(32)37-28(20-35-26-15-11-23(3)12-16-26)21-36-27-17-13-24(4)14-18-27/h6,8,10-19,22,25,28H,1,7,9,20-21H2,2-5H3,(H,33,34)/b10-8+,29-19-. The number of carboxylic acids is 1. The van der Waals surface area contributed by atoms with Crippen molar-refractivity contribution in [1.82, 2.24) is 0 Å². The summed E-state index contributed by atoms with van der Waals surface area (Å²) >= 11 is 0. The lowest BCUT2D eigenvalue weighted by Gasteiger charge is -2.19. The van der Waals surface area contributed by atoms with Crippen molar-refractivity contribution in [1.29, 1.82) is 0 Å². The number of carbonyl (C=O) groups is 2. The summed E-state index contributed by atoms with van der Waals surface area (Å²) in [6.07, 6.45) is 7.61. The molecule has 6 nitrogen and oxygen atoms in total. The van der Waals surface area contributed by atoms with E-state index in [0.29, 0.717) is 17.4 Å². The summed E-state index contributed by atoms with van der Waals surface area (Å²) in [5.41, 5.74) is 2.15. The Hall–Kier alpha value is -3.80. The summed E-state index contributed by atoms with van der Waals surface area (Å²) in [4.78, 5) is 24.6. The maximum atomic E-state index is 12.7. The SMILES string of the molecule is C=CC(C)CC/C=C/C(C)/C(=C/C(=O)OC(COc1ccc(C)cc1)COc1ccc(C)cc1)C(=O)O. The van der Waals surface area contributed by atoms with Crippen LogP contribution >= 0.6 is 0 Å². The molecule has 2 aromatic rings. The number of ether oxygens (including phenoxy) is 3. The van der Waals surface area contributed by atoms with Crippen molar-refractivity contribution in [3.8, 4) is 11.5 Å². The van der Waals surface area contributed by atoms with Crippen LogP contribution in [0.5, 0.6) is 11.5 Å². The Morgan fingerprint density at radius 3 is 1.89 bits per heavy atom. The summed E-state index contributed by atoms with van der Waals surface area (Å²) in [5.74, 6) is -0.748. The first-order valence-corrected chi connectivity index (χ1v) is 12.5. The van der Waals surface area contributed by atoms with E-state index in [1.807, 2.05) is 74.5 Å². The Kier molecular flexibility index (Phi) is 12.2. The smallest absolute Gasteiger partial charge is 0.332 e. The van der Waals surface area contributed by atoms with Crippen molar-refractivity contribution in [2.24, 2.45) is 11.8 Å². The second kappa shape index (κ2) is 15.3. The Morgan fingerprint density at radius 1 is 0.919 bits per heavy atom. The second-order valence-electron chi connectivity index (χ2n) is 9.22. The fourth-order valence-corrected chi connectivity index (χ4v) is 3.36. The van der Waals surface area contributed by atoms with E-state index in [1.165, 1.54) is 0 Å². The minimum Gasteiger partial charge on any atom is -0.490 e. The molecule has 0 radical (unpaired) electrons. The summed E-state index contributed by atoms with van der Waals surface area (Å²) in [6.45, 7) is 11.6. The van der Waals surface area contributed by atoms with Crippen molar-refractivity contribution in [3.63, 3.8) is 0 Å². The van der Waals surface area contributed by atoms with Gasteiger partial charge in [0.2, 0.25) is 0 Å². The number of carboxylic acid groups (broad SMARTS) is 1. The minimum absolute atomic E-state index is 0.0457. The second-order valence-corrected chi connectivity index (χ2v) is 9.22. The fraction of sp³-hybridized carbons (Fsp3) is 0.355. The van der Waals surface area contributed by atoms with Crippen LogP contribution in [0.25, 0.3) is 0 Å². The topological polar surface area (TPSA) is 82.1 Å². The Labute approximate surface area is 220 Å². The number of carbonyl (C=O) groups excluding carboxylic acids is 1. The third kappa shape index (κ3) is 11.2. The van der Waals surface area contributed by atoms with Crippen molar-refractivity contribution in [3.05, 3.63) is 96.1 Å². The summed E-state index contributed by atoms with van der Waals surface area (Å²) in [5, 5.41) is 9.69. The summed E-state index contributed by atoms with van der Waals surface area (Å²) in [6, 6.07) is 15.0. The van der Waals surface area contributed by atoms with Gasteiger partial charge >= 0.3 is 11.9 Å². The van der Waals surface area contributed by atoms with E-state index in [4.69, 9.17) is 14.2 Å². The van der Waals surface area contributed by atoms with Crippen LogP contribution in [-0.2, 0) is 14.3 Å². The van der Waals surface area contributed by atoms with Gasteiger partial charge in [-0.05, 0) is 56.9 Å². The molecule has 0 spiro atoms. The monoisotopic (exact) mass is 506 g/mol. The molecule has 0 bridgehead atoms. The highest BCUT2D eigenvalue weighted by atomic mass is 16.6. The highest BCUT2D eigenvalue weighted by molar-refractivity contribution is 5.96. The quantitative estimate of drug-likeness (QED) is 0.169. The number of aliphatic carboxylic acids is 1. The molecule has 0 fully saturated rings. The van der Waals surface area contributed by atoms with Gasteiger partial charge in [0.1, 0.15) is 24.7 Å². The number of rotatable bonds is 15. The van der Waals surface area contributed by atoms with Gasteiger partial charge in [-0.15, -0.1) is 6.58 Å². The van der Waals surface area contributed by atoms with Crippen LogP contribution in [0.15, 0.2) is 85.0 Å². The molecule has 2 unspecified atom stereocenters. The first-order chi connectivity index (χ1) is 17.7. The predicted molar refractivity (Wildman–Crippen MR) is 146 cm³/mol. The van der Waals surface area contributed by atoms with E-state index < -0.39 is 24.0 Å². The molecule has 0 heterocycles. The number of hydrogen-bond donors (Lipinski definition) is 1. The molecule has 0 aromatic heterocycles. The Balaban J connectivity index is 2.08. The molecule has 2 rings (SSSR count). The number of aryl methyl sites for hydroxylation is 2. The molecule has 1 N–H and O–H groups in total. The van der Waals surface area contributed by atoms with E-state index in [9.17, 15) is 14.7 Å². The molecular formula is C31H38O6. The van der Waals surface area contributed by atoms with Gasteiger partial charge in [-0.3, -0.25) is 0 Å². The van der Waals surface area contributed by atoms with Gasteiger partial charge in [0.25, 0.3) is 0 Å². The molecule has 0 amide bonds. The molecular weight excluding hydrogens is 468 g/mol. The van der Waals surface area contributed by atoms with Gasteiger partial charge in [0.15, 0.2) is 6.10 Å². The zero-order valence-electron chi connectivity index (χ0n) is 22.2. The zero-order valence-corrected chi connectivity index (χ0v) is 22.2. The highest BCUT2D eigenvalue weighted by Crippen LogP contribution is 2.17. The van der Waals surface area contributed by atoms with Crippen LogP contribution in [0.3, 0.4) is 0 Å². The van der Waals surface area contributed by atoms with Crippen molar-refractivity contribution < 1.29 is 28.9 Å². The van der Waals surface area contributed by atoms with Gasteiger partial charge < -0.3 is 19.3 Å². The molecule has 37 heavy (non-hydrogen) atoms. The van der Waals surface area contributed by atoms with E-state index >= 15 is 0 Å². The van der Waals surface area contributed by atoms with Crippen molar-refractivity contribution in [2.45, 2.75) is 46.6 Å². The van der Waals surface area contributed by atoms with Crippen molar-refractivity contribution >= 4 is 11.9 Å². The van der Waals surface area contributed by atoms with Crippen LogP contribution in [0.1, 0.15) is 37.8 Å². The lowest BCUT2D eigenvalue weighted by atomic mass is 9.98. The zero-order chi connectivity index (χ0) is 27.2. The third-order valence-corrected chi connectivity index (χ3v) is 5.82. The van der Waals surface area contributed by atoms with Gasteiger partial charge in [-0.25, -0.2) is 9.59 Å². The van der Waals surface area contributed by atoms with Crippen molar-refractivity contribution in [2.75, 3.05) is 13.2 Å². The van der Waals surface area contributed by atoms with E-state index in [0.717, 1.165) is 30.0 Å². The molecule has 6 heteroatoms. The average Bonchev–Trinajstić information content (AvgIpc) is 2.88. The van der Waals surface area contributed by atoms with E-state index in [1.54, 1.807) is 13.0 Å². The number of benzene rings is 2. The third-order valence-electron chi connectivity index (χ3n) is 5.82. The molecule has 2 atom stereocenters. The van der Waals surface area contributed by atoms with Crippen LogP contribution in [-0.4, -0.2) is 36.4 Å². The molecule has 0 saturated carbocycles. The van der Waals surface area contributed by atoms with E-state index in [-0.39, 0.29) is 18.8 Å². The minimum atomic E-state index is -1.17. The Bertz CT molecular complexity index is 1020. The maximum Gasteiger partial charge on any atom is 0.332 e. The predicted octanol–water partition coefficient (Wildman–Crippen LogP) is 6.48. The molecule has 0 aliphatic carbocycles. The molecule has 0 saturated heterocycles. The fourth-order valence-electron chi connectivity index (χ4n) is 3.36. The normalized spacial score (nSPS) is 13.3. The van der Waals surface area contributed by atoms with Gasteiger partial charge in [0, 0.05) is 12.0 Å². The summed E-state index contributed by atoms with van der Waals surface area (Å²) < 4.78 is 17.2. The summed E-state index contributed by atoms with van der Waals surface area (Å²) in [7, 11) is 0. The van der Waals surface area contributed by atoms with Crippen LogP contribution in [0.4, 0.5) is 0 Å². The lowest BCUT2D eigenvalue weighted by Crippen LogP contribution is -2.31. The first-order valence-electron chi connectivity index (χ1n) is 12.5.